The van der Waals surface area contributed by atoms with Crippen molar-refractivity contribution < 1.29 is 14.5 Å². The maximum atomic E-state index is 11.4. The smallest absolute Gasteiger partial charge is 0.339 e. The van der Waals surface area contributed by atoms with Crippen LogP contribution in [0.5, 0.6) is 0 Å². The molecular formula is C12H12N4O4S. The second-order valence-electron chi connectivity index (χ2n) is 4.10. The fourth-order valence-corrected chi connectivity index (χ4v) is 2.38. The first-order chi connectivity index (χ1) is 10.0. The minimum atomic E-state index is -0.667. The van der Waals surface area contributed by atoms with E-state index >= 15 is 0 Å². The van der Waals surface area contributed by atoms with Crippen LogP contribution in [0.2, 0.25) is 0 Å². The van der Waals surface area contributed by atoms with Crippen LogP contribution < -0.4 is 4.90 Å². The first-order valence-corrected chi connectivity index (χ1v) is 6.73. The average Bonchev–Trinajstić information content (AvgIpc) is 2.98. The molecule has 2 aromatic heterocycles. The van der Waals surface area contributed by atoms with E-state index in [0.717, 1.165) is 11.1 Å². The van der Waals surface area contributed by atoms with E-state index in [9.17, 15) is 14.9 Å². The summed E-state index contributed by atoms with van der Waals surface area (Å²) in [7, 11) is 2.88. The molecule has 0 amide bonds. The minimum absolute atomic E-state index is 0.0376. The van der Waals surface area contributed by atoms with Crippen molar-refractivity contribution in [3.05, 3.63) is 44.5 Å². The molecule has 0 fully saturated rings. The van der Waals surface area contributed by atoms with Gasteiger partial charge >= 0.3 is 11.7 Å². The fraction of sp³-hybridized carbons (Fsp3) is 0.250. The maximum absolute atomic E-state index is 11.4. The zero-order valence-electron chi connectivity index (χ0n) is 11.3. The monoisotopic (exact) mass is 308 g/mol. The highest BCUT2D eigenvalue weighted by Crippen LogP contribution is 2.27. The van der Waals surface area contributed by atoms with Crippen molar-refractivity contribution >= 4 is 28.8 Å². The molecule has 0 radical (unpaired) electrons. The number of nitrogens with zero attached hydrogens (tertiary/aromatic N) is 4. The molecule has 0 saturated carbocycles. The summed E-state index contributed by atoms with van der Waals surface area (Å²) in [4.78, 5) is 31.7. The first-order valence-electron chi connectivity index (χ1n) is 5.85. The van der Waals surface area contributed by atoms with E-state index in [2.05, 4.69) is 14.7 Å². The number of pyridine rings is 1. The van der Waals surface area contributed by atoms with E-state index in [0.29, 0.717) is 6.54 Å². The molecule has 0 aliphatic carbocycles. The molecule has 21 heavy (non-hydrogen) atoms. The SMILES string of the molecule is COC(=O)c1cnc(N(C)Cc2nccs2)c([N+](=O)[O-])c1. The topological polar surface area (TPSA) is 98.5 Å². The largest absolute Gasteiger partial charge is 0.465 e. The van der Waals surface area contributed by atoms with Crippen molar-refractivity contribution in [3.63, 3.8) is 0 Å². The Bertz CT molecular complexity index is 659. The van der Waals surface area contributed by atoms with Gasteiger partial charge in [0.2, 0.25) is 5.82 Å². The highest BCUT2D eigenvalue weighted by molar-refractivity contribution is 7.09. The molecule has 0 spiro atoms. The number of carbonyl (C=O) groups is 1. The molecule has 2 heterocycles. The second-order valence-corrected chi connectivity index (χ2v) is 5.08. The zero-order valence-corrected chi connectivity index (χ0v) is 12.2. The second kappa shape index (κ2) is 6.27. The molecule has 8 nitrogen and oxygen atoms in total. The number of carbonyl (C=O) groups excluding carboxylic acids is 1. The molecule has 0 unspecified atom stereocenters. The Kier molecular flexibility index (Phi) is 4.43. The van der Waals surface area contributed by atoms with Crippen LogP contribution in [-0.2, 0) is 11.3 Å². The molecule has 0 bridgehead atoms. The van der Waals surface area contributed by atoms with Gasteiger partial charge in [-0.1, -0.05) is 0 Å². The molecule has 0 N–H and O–H groups in total. The van der Waals surface area contributed by atoms with Crippen LogP contribution in [-0.4, -0.2) is 35.0 Å². The van der Waals surface area contributed by atoms with Crippen molar-refractivity contribution in [2.45, 2.75) is 6.54 Å². The Morgan fingerprint density at radius 2 is 2.29 bits per heavy atom. The lowest BCUT2D eigenvalue weighted by atomic mass is 10.2. The van der Waals surface area contributed by atoms with Gasteiger partial charge in [-0.3, -0.25) is 10.1 Å². The summed E-state index contributed by atoms with van der Waals surface area (Å²) in [6.45, 7) is 0.392. The molecule has 0 aliphatic heterocycles. The van der Waals surface area contributed by atoms with Gasteiger partial charge in [-0.05, 0) is 0 Å². The van der Waals surface area contributed by atoms with Gasteiger partial charge in [-0.2, -0.15) is 0 Å². The average molecular weight is 308 g/mol. The number of anilines is 1. The Balaban J connectivity index is 2.34. The molecule has 0 aromatic carbocycles. The van der Waals surface area contributed by atoms with Crippen molar-refractivity contribution in [3.8, 4) is 0 Å². The van der Waals surface area contributed by atoms with Crippen LogP contribution in [0.3, 0.4) is 0 Å². The standard InChI is InChI=1S/C12H12N4O4S/c1-15(7-10-13-3-4-21-10)11-9(16(18)19)5-8(6-14-11)12(17)20-2/h3-6H,7H2,1-2H3. The maximum Gasteiger partial charge on any atom is 0.339 e. The Morgan fingerprint density at radius 1 is 1.52 bits per heavy atom. The third-order valence-electron chi connectivity index (χ3n) is 2.68. The van der Waals surface area contributed by atoms with Crippen molar-refractivity contribution in [2.24, 2.45) is 0 Å². The fourth-order valence-electron chi connectivity index (χ4n) is 1.71. The normalized spacial score (nSPS) is 10.2. The van der Waals surface area contributed by atoms with Gasteiger partial charge in [0.25, 0.3) is 0 Å². The van der Waals surface area contributed by atoms with E-state index < -0.39 is 10.9 Å². The Hall–Kier alpha value is -2.55. The van der Waals surface area contributed by atoms with Gasteiger partial charge in [0.05, 0.1) is 24.1 Å². The van der Waals surface area contributed by atoms with E-state index in [1.807, 2.05) is 5.38 Å². The predicted octanol–water partition coefficient (Wildman–Crippen LogP) is 1.87. The van der Waals surface area contributed by atoms with E-state index in [-0.39, 0.29) is 17.1 Å². The lowest BCUT2D eigenvalue weighted by molar-refractivity contribution is -0.384. The van der Waals surface area contributed by atoms with Crippen LogP contribution in [0.15, 0.2) is 23.8 Å². The molecule has 2 aromatic rings. The van der Waals surface area contributed by atoms with Crippen LogP contribution in [0.1, 0.15) is 15.4 Å². The highest BCUT2D eigenvalue weighted by Gasteiger charge is 2.22. The molecule has 9 heteroatoms. The molecule has 110 valence electrons. The van der Waals surface area contributed by atoms with Crippen LogP contribution >= 0.6 is 11.3 Å². The number of thiazole rings is 1. The Morgan fingerprint density at radius 3 is 2.86 bits per heavy atom. The third kappa shape index (κ3) is 3.31. The molecule has 2 rings (SSSR count). The zero-order chi connectivity index (χ0) is 15.4. The van der Waals surface area contributed by atoms with E-state index in [4.69, 9.17) is 0 Å². The summed E-state index contributed by atoms with van der Waals surface area (Å²) in [6, 6.07) is 1.16. The Labute approximate surface area is 124 Å². The van der Waals surface area contributed by atoms with Gasteiger partial charge in [-0.25, -0.2) is 14.8 Å². The summed E-state index contributed by atoms with van der Waals surface area (Å²) in [5.74, 6) is -0.498. The number of rotatable bonds is 5. The van der Waals surface area contributed by atoms with Crippen LogP contribution in [0.25, 0.3) is 0 Å². The summed E-state index contributed by atoms with van der Waals surface area (Å²) in [6.07, 6.45) is 2.92. The van der Waals surface area contributed by atoms with Crippen LogP contribution in [0.4, 0.5) is 11.5 Å². The first kappa shape index (κ1) is 14.9. The quantitative estimate of drug-likeness (QED) is 0.472. The molecule has 0 atom stereocenters. The van der Waals surface area contributed by atoms with Gasteiger partial charge in [0.15, 0.2) is 0 Å². The summed E-state index contributed by atoms with van der Waals surface area (Å²) in [5.41, 5.74) is -0.215. The number of hydrogen-bond acceptors (Lipinski definition) is 8. The summed E-state index contributed by atoms with van der Waals surface area (Å²) >= 11 is 1.45. The lowest BCUT2D eigenvalue weighted by Crippen LogP contribution is -2.19. The number of ether oxygens (including phenoxy) is 1. The number of nitro groups is 1. The lowest BCUT2D eigenvalue weighted by Gasteiger charge is -2.16. The summed E-state index contributed by atoms with van der Waals surface area (Å²) in [5, 5.41) is 13.8. The third-order valence-corrected chi connectivity index (χ3v) is 3.45. The molecule has 0 saturated heterocycles. The molecule has 0 aliphatic rings. The van der Waals surface area contributed by atoms with Crippen molar-refractivity contribution in [2.75, 3.05) is 19.1 Å². The molecular weight excluding hydrogens is 296 g/mol. The van der Waals surface area contributed by atoms with E-state index in [1.54, 1.807) is 18.1 Å². The number of hydrogen-bond donors (Lipinski definition) is 0. The number of methoxy groups -OCH3 is 1. The summed E-state index contributed by atoms with van der Waals surface area (Å²) < 4.78 is 4.53. The van der Waals surface area contributed by atoms with Crippen molar-refractivity contribution in [1.82, 2.24) is 9.97 Å². The number of esters is 1. The van der Waals surface area contributed by atoms with Gasteiger partial charge < -0.3 is 9.64 Å². The minimum Gasteiger partial charge on any atom is -0.465 e. The predicted molar refractivity (Wildman–Crippen MR) is 76.5 cm³/mol. The highest BCUT2D eigenvalue weighted by atomic mass is 32.1. The number of aromatic nitrogens is 2. The van der Waals surface area contributed by atoms with Gasteiger partial charge in [0, 0.05) is 30.9 Å². The van der Waals surface area contributed by atoms with Crippen molar-refractivity contribution in [1.29, 1.82) is 0 Å². The van der Waals surface area contributed by atoms with E-state index in [1.165, 1.54) is 24.6 Å². The van der Waals surface area contributed by atoms with Gasteiger partial charge in [-0.15, -0.1) is 11.3 Å². The van der Waals surface area contributed by atoms with Crippen LogP contribution in [0, 0.1) is 10.1 Å². The van der Waals surface area contributed by atoms with Gasteiger partial charge in [0.1, 0.15) is 5.01 Å².